The Bertz CT molecular complexity index is 246. The average molecular weight is 199 g/mol. The molecule has 0 aliphatic carbocycles. The first-order valence-corrected chi connectivity index (χ1v) is 4.71. The zero-order chi connectivity index (χ0) is 10.6. The summed E-state index contributed by atoms with van der Waals surface area (Å²) in [5.74, 6) is -1.38. The van der Waals surface area contributed by atoms with Gasteiger partial charge in [-0.1, -0.05) is 6.92 Å². The summed E-state index contributed by atoms with van der Waals surface area (Å²) in [6.07, 6.45) is 1.93. The highest BCUT2D eigenvalue weighted by molar-refractivity contribution is 5.97. The highest BCUT2D eigenvalue weighted by Gasteiger charge is 2.29. The van der Waals surface area contributed by atoms with Gasteiger partial charge in [0.1, 0.15) is 0 Å². The van der Waals surface area contributed by atoms with Crippen LogP contribution in [0.25, 0.3) is 0 Å². The molecule has 0 aromatic carbocycles. The van der Waals surface area contributed by atoms with Gasteiger partial charge in [0.05, 0.1) is 0 Å². The van der Waals surface area contributed by atoms with Crippen LogP contribution in [0.1, 0.15) is 39.0 Å². The molecule has 1 aliphatic rings. The highest BCUT2D eigenvalue weighted by Crippen LogP contribution is 2.13. The number of hydrogen-bond donors (Lipinski definition) is 0. The molecule has 14 heavy (non-hydrogen) atoms. The van der Waals surface area contributed by atoms with E-state index in [-0.39, 0.29) is 19.3 Å². The lowest BCUT2D eigenvalue weighted by Crippen LogP contribution is -2.41. The van der Waals surface area contributed by atoms with Crippen molar-refractivity contribution in [3.63, 3.8) is 0 Å². The average Bonchev–Trinajstić information content (AvgIpc) is 2.12. The van der Waals surface area contributed by atoms with Gasteiger partial charge in [-0.3, -0.25) is 9.59 Å². The van der Waals surface area contributed by atoms with Gasteiger partial charge in [-0.05, 0) is 12.8 Å². The number of imide groups is 1. The van der Waals surface area contributed by atoms with Gasteiger partial charge in [-0.25, -0.2) is 4.79 Å². The standard InChI is InChI=1S/C9H13NO4/c1-2-4-9(13)14-10-7(11)5-3-6-8(10)12/h2-6H2,1H3. The largest absolute Gasteiger partial charge is 0.333 e. The first-order valence-electron chi connectivity index (χ1n) is 4.71. The molecule has 0 unspecified atom stereocenters. The summed E-state index contributed by atoms with van der Waals surface area (Å²) in [5, 5.41) is 0.599. The van der Waals surface area contributed by atoms with Crippen molar-refractivity contribution < 1.29 is 19.2 Å². The Morgan fingerprint density at radius 1 is 1.36 bits per heavy atom. The molecule has 0 radical (unpaired) electrons. The number of piperidine rings is 1. The molecule has 0 aromatic rings. The lowest BCUT2D eigenvalue weighted by molar-refractivity contribution is -0.205. The van der Waals surface area contributed by atoms with Gasteiger partial charge < -0.3 is 4.84 Å². The molecule has 1 heterocycles. The number of amides is 2. The maximum absolute atomic E-state index is 11.2. The van der Waals surface area contributed by atoms with E-state index in [0.29, 0.717) is 17.9 Å². The summed E-state index contributed by atoms with van der Waals surface area (Å²) in [6, 6.07) is 0. The van der Waals surface area contributed by atoms with E-state index in [1.807, 2.05) is 6.92 Å². The SMILES string of the molecule is CCCC(=O)ON1C(=O)CCCC1=O. The number of hydrogen-bond acceptors (Lipinski definition) is 4. The molecule has 2 amide bonds. The number of carbonyl (C=O) groups excluding carboxylic acids is 3. The molecule has 1 saturated heterocycles. The van der Waals surface area contributed by atoms with Crippen molar-refractivity contribution in [2.45, 2.75) is 39.0 Å². The molecule has 5 heteroatoms. The van der Waals surface area contributed by atoms with Crippen LogP contribution in [0.5, 0.6) is 0 Å². The van der Waals surface area contributed by atoms with Crippen molar-refractivity contribution in [1.29, 1.82) is 0 Å². The Labute approximate surface area is 82.0 Å². The van der Waals surface area contributed by atoms with E-state index in [9.17, 15) is 14.4 Å². The number of nitrogens with zero attached hydrogens (tertiary/aromatic N) is 1. The van der Waals surface area contributed by atoms with Crippen molar-refractivity contribution in [2.24, 2.45) is 0 Å². The second-order valence-electron chi connectivity index (χ2n) is 3.15. The zero-order valence-electron chi connectivity index (χ0n) is 8.12. The van der Waals surface area contributed by atoms with Crippen molar-refractivity contribution in [3.8, 4) is 0 Å². The fraction of sp³-hybridized carbons (Fsp3) is 0.667. The van der Waals surface area contributed by atoms with Crippen LogP contribution in [0, 0.1) is 0 Å². The molecule has 0 aromatic heterocycles. The Morgan fingerprint density at radius 3 is 2.43 bits per heavy atom. The van der Waals surface area contributed by atoms with Gasteiger partial charge in [0.15, 0.2) is 0 Å². The van der Waals surface area contributed by atoms with E-state index in [1.54, 1.807) is 0 Å². The van der Waals surface area contributed by atoms with Crippen LogP contribution in [0.4, 0.5) is 0 Å². The number of carbonyl (C=O) groups is 3. The van der Waals surface area contributed by atoms with Gasteiger partial charge in [-0.2, -0.15) is 0 Å². The second-order valence-corrected chi connectivity index (χ2v) is 3.15. The minimum absolute atomic E-state index is 0.219. The normalized spacial score (nSPS) is 17.1. The van der Waals surface area contributed by atoms with Crippen molar-refractivity contribution >= 4 is 17.8 Å². The van der Waals surface area contributed by atoms with Gasteiger partial charge >= 0.3 is 5.97 Å². The topological polar surface area (TPSA) is 63.7 Å². The molecule has 0 bridgehead atoms. The van der Waals surface area contributed by atoms with Crippen LogP contribution in [0.2, 0.25) is 0 Å². The molecular weight excluding hydrogens is 186 g/mol. The van der Waals surface area contributed by atoms with Crippen molar-refractivity contribution in [3.05, 3.63) is 0 Å². The maximum Gasteiger partial charge on any atom is 0.333 e. The Kier molecular flexibility index (Phi) is 3.62. The predicted molar refractivity (Wildman–Crippen MR) is 46.7 cm³/mol. The fourth-order valence-electron chi connectivity index (χ4n) is 1.19. The molecule has 5 nitrogen and oxygen atoms in total. The molecule has 1 rings (SSSR count). The van der Waals surface area contributed by atoms with Crippen LogP contribution in [-0.4, -0.2) is 22.8 Å². The van der Waals surface area contributed by atoms with Crippen LogP contribution in [0.3, 0.4) is 0 Å². The Hall–Kier alpha value is -1.39. The number of rotatable bonds is 3. The van der Waals surface area contributed by atoms with Crippen LogP contribution in [-0.2, 0) is 19.2 Å². The summed E-state index contributed by atoms with van der Waals surface area (Å²) in [7, 11) is 0. The second kappa shape index (κ2) is 4.74. The van der Waals surface area contributed by atoms with E-state index in [2.05, 4.69) is 4.84 Å². The quantitative estimate of drug-likeness (QED) is 0.630. The molecule has 1 aliphatic heterocycles. The smallest absolute Gasteiger partial charge is 0.330 e. The minimum Gasteiger partial charge on any atom is -0.330 e. The van der Waals surface area contributed by atoms with E-state index < -0.39 is 17.8 Å². The molecule has 0 saturated carbocycles. The molecule has 0 spiro atoms. The predicted octanol–water partition coefficient (Wildman–Crippen LogP) is 0.784. The molecule has 0 N–H and O–H groups in total. The van der Waals surface area contributed by atoms with E-state index in [1.165, 1.54) is 0 Å². The summed E-state index contributed by atoms with van der Waals surface area (Å²) >= 11 is 0. The number of hydroxylamine groups is 2. The van der Waals surface area contributed by atoms with Gasteiger partial charge in [0, 0.05) is 19.3 Å². The first kappa shape index (κ1) is 10.7. The molecular formula is C9H13NO4. The third-order valence-electron chi connectivity index (χ3n) is 1.88. The summed E-state index contributed by atoms with van der Waals surface area (Å²) in [5.41, 5.74) is 0. The van der Waals surface area contributed by atoms with E-state index >= 15 is 0 Å². The molecule has 0 atom stereocenters. The lowest BCUT2D eigenvalue weighted by Gasteiger charge is -2.22. The Balaban J connectivity index is 2.52. The first-order chi connectivity index (χ1) is 6.65. The van der Waals surface area contributed by atoms with Crippen LogP contribution in [0.15, 0.2) is 0 Å². The molecule has 1 fully saturated rings. The third-order valence-corrected chi connectivity index (χ3v) is 1.88. The summed E-state index contributed by atoms with van der Waals surface area (Å²) in [6.45, 7) is 1.82. The van der Waals surface area contributed by atoms with Gasteiger partial charge in [0.25, 0.3) is 11.8 Å². The van der Waals surface area contributed by atoms with Gasteiger partial charge in [0.2, 0.25) is 0 Å². The summed E-state index contributed by atoms with van der Waals surface area (Å²) in [4.78, 5) is 38.0. The lowest BCUT2D eigenvalue weighted by atomic mass is 10.1. The van der Waals surface area contributed by atoms with Crippen LogP contribution < -0.4 is 0 Å². The maximum atomic E-state index is 11.2. The van der Waals surface area contributed by atoms with Crippen LogP contribution >= 0.6 is 0 Å². The Morgan fingerprint density at radius 2 is 1.93 bits per heavy atom. The van der Waals surface area contributed by atoms with Gasteiger partial charge in [-0.15, -0.1) is 5.06 Å². The van der Waals surface area contributed by atoms with E-state index in [4.69, 9.17) is 0 Å². The zero-order valence-corrected chi connectivity index (χ0v) is 8.12. The monoisotopic (exact) mass is 199 g/mol. The van der Waals surface area contributed by atoms with E-state index in [0.717, 1.165) is 0 Å². The minimum atomic E-state index is -0.531. The fourth-order valence-corrected chi connectivity index (χ4v) is 1.19. The third kappa shape index (κ3) is 2.55. The molecule has 78 valence electrons. The highest BCUT2D eigenvalue weighted by atomic mass is 16.7. The van der Waals surface area contributed by atoms with Crippen molar-refractivity contribution in [2.75, 3.05) is 0 Å². The summed E-state index contributed by atoms with van der Waals surface area (Å²) < 4.78 is 0. The van der Waals surface area contributed by atoms with Crippen molar-refractivity contribution in [1.82, 2.24) is 5.06 Å².